The minimum absolute atomic E-state index is 0.104. The van der Waals surface area contributed by atoms with Gasteiger partial charge in [-0.05, 0) is 39.0 Å². The maximum absolute atomic E-state index is 12.3. The van der Waals surface area contributed by atoms with Gasteiger partial charge in [0.05, 0.1) is 18.3 Å². The zero-order valence-corrected chi connectivity index (χ0v) is 13.6. The van der Waals surface area contributed by atoms with Crippen LogP contribution < -0.4 is 0 Å². The van der Waals surface area contributed by atoms with Crippen molar-refractivity contribution in [2.24, 2.45) is 5.92 Å². The molecule has 2 radical (unpaired) electrons. The van der Waals surface area contributed by atoms with Gasteiger partial charge < -0.3 is 13.8 Å². The van der Waals surface area contributed by atoms with Gasteiger partial charge >= 0.3 is 7.60 Å². The highest BCUT2D eigenvalue weighted by molar-refractivity contribution is 7.53. The van der Waals surface area contributed by atoms with E-state index in [1.807, 2.05) is 13.8 Å². The standard InChI is InChI=1S/C13H26BO4P/c1-9(2)8-12-11(6-7-13(14)16-12)18-19(5,15)17-10(3)4/h9-13H,6-8H2,1-5H3. The summed E-state index contributed by atoms with van der Waals surface area (Å²) in [7, 11) is 2.79. The zero-order valence-electron chi connectivity index (χ0n) is 12.7. The van der Waals surface area contributed by atoms with Crippen molar-refractivity contribution < 1.29 is 18.3 Å². The van der Waals surface area contributed by atoms with E-state index < -0.39 is 7.60 Å². The predicted molar refractivity (Wildman–Crippen MR) is 77.7 cm³/mol. The van der Waals surface area contributed by atoms with Crippen LogP contribution in [0.15, 0.2) is 0 Å². The average Bonchev–Trinajstić information content (AvgIpc) is 2.19. The van der Waals surface area contributed by atoms with Gasteiger partial charge in [0.1, 0.15) is 7.85 Å². The monoisotopic (exact) mass is 288 g/mol. The molecule has 1 aliphatic rings. The molecule has 0 N–H and O–H groups in total. The quantitative estimate of drug-likeness (QED) is 0.555. The molecule has 1 saturated heterocycles. The van der Waals surface area contributed by atoms with Gasteiger partial charge in [0.2, 0.25) is 0 Å². The number of rotatable bonds is 6. The molecule has 1 heterocycles. The molecule has 1 rings (SSSR count). The van der Waals surface area contributed by atoms with Crippen molar-refractivity contribution >= 4 is 15.4 Å². The van der Waals surface area contributed by atoms with E-state index in [2.05, 4.69) is 13.8 Å². The summed E-state index contributed by atoms with van der Waals surface area (Å²) >= 11 is 0. The van der Waals surface area contributed by atoms with E-state index in [0.717, 1.165) is 19.3 Å². The van der Waals surface area contributed by atoms with Crippen LogP contribution in [0, 0.1) is 5.92 Å². The Labute approximate surface area is 118 Å². The molecular weight excluding hydrogens is 262 g/mol. The Balaban J connectivity index is 2.64. The predicted octanol–water partition coefficient (Wildman–Crippen LogP) is 3.34. The van der Waals surface area contributed by atoms with Crippen LogP contribution in [0.1, 0.15) is 47.0 Å². The molecule has 1 aliphatic heterocycles. The lowest BCUT2D eigenvalue weighted by atomic mass is 9.87. The Bertz CT molecular complexity index is 320. The van der Waals surface area contributed by atoms with Gasteiger partial charge in [-0.3, -0.25) is 4.57 Å². The van der Waals surface area contributed by atoms with E-state index in [-0.39, 0.29) is 24.3 Å². The molecule has 0 aromatic rings. The second-order valence-electron chi connectivity index (χ2n) is 5.99. The molecule has 110 valence electrons. The topological polar surface area (TPSA) is 44.8 Å². The van der Waals surface area contributed by atoms with E-state index in [4.69, 9.17) is 21.6 Å². The lowest BCUT2D eigenvalue weighted by molar-refractivity contribution is -0.0909. The molecule has 0 aliphatic carbocycles. The Morgan fingerprint density at radius 2 is 1.95 bits per heavy atom. The van der Waals surface area contributed by atoms with Crippen molar-refractivity contribution in [3.8, 4) is 0 Å². The van der Waals surface area contributed by atoms with E-state index in [0.29, 0.717) is 5.92 Å². The Hall–Kier alpha value is 0.175. The first-order chi connectivity index (χ1) is 8.69. The largest absolute Gasteiger partial charge is 0.382 e. The summed E-state index contributed by atoms with van der Waals surface area (Å²) in [5, 5.41) is 0. The smallest absolute Gasteiger partial charge is 0.328 e. The fourth-order valence-corrected chi connectivity index (χ4v) is 3.89. The summed E-state index contributed by atoms with van der Waals surface area (Å²) in [4.78, 5) is 0. The molecule has 0 aromatic heterocycles. The van der Waals surface area contributed by atoms with Crippen LogP contribution in [0.5, 0.6) is 0 Å². The molecule has 0 saturated carbocycles. The summed E-state index contributed by atoms with van der Waals surface area (Å²) in [5.41, 5.74) is 0. The van der Waals surface area contributed by atoms with Crippen molar-refractivity contribution in [3.05, 3.63) is 0 Å². The van der Waals surface area contributed by atoms with Gasteiger partial charge in [-0.1, -0.05) is 13.8 Å². The summed E-state index contributed by atoms with van der Waals surface area (Å²) in [6, 6.07) is -0.245. The summed E-state index contributed by atoms with van der Waals surface area (Å²) in [6.07, 6.45) is 1.91. The lowest BCUT2D eigenvalue weighted by Gasteiger charge is -2.37. The Morgan fingerprint density at radius 3 is 2.47 bits per heavy atom. The fraction of sp³-hybridized carbons (Fsp3) is 1.00. The highest BCUT2D eigenvalue weighted by Gasteiger charge is 2.35. The minimum atomic E-state index is -3.04. The maximum Gasteiger partial charge on any atom is 0.328 e. The van der Waals surface area contributed by atoms with Crippen LogP contribution in [0.3, 0.4) is 0 Å². The normalized spacial score (nSPS) is 31.6. The maximum atomic E-state index is 12.3. The van der Waals surface area contributed by atoms with Gasteiger partial charge in [0.15, 0.2) is 0 Å². The molecule has 4 nitrogen and oxygen atoms in total. The molecule has 6 heteroatoms. The van der Waals surface area contributed by atoms with Crippen molar-refractivity contribution in [1.29, 1.82) is 0 Å². The van der Waals surface area contributed by atoms with Gasteiger partial charge in [0.25, 0.3) is 0 Å². The minimum Gasteiger partial charge on any atom is -0.382 e. The van der Waals surface area contributed by atoms with Crippen LogP contribution in [0.4, 0.5) is 0 Å². The molecule has 0 aromatic carbocycles. The summed E-state index contributed by atoms with van der Waals surface area (Å²) < 4.78 is 29.1. The number of hydrogen-bond donors (Lipinski definition) is 0. The van der Waals surface area contributed by atoms with E-state index in [1.165, 1.54) is 6.66 Å². The number of hydrogen-bond acceptors (Lipinski definition) is 4. The average molecular weight is 288 g/mol. The summed E-state index contributed by atoms with van der Waals surface area (Å²) in [6.45, 7) is 9.46. The fourth-order valence-electron chi connectivity index (χ4n) is 2.34. The molecule has 0 bridgehead atoms. The molecule has 4 unspecified atom stereocenters. The van der Waals surface area contributed by atoms with Crippen LogP contribution in [-0.2, 0) is 18.3 Å². The van der Waals surface area contributed by atoms with Gasteiger partial charge in [0, 0.05) is 12.7 Å². The third-order valence-electron chi connectivity index (χ3n) is 2.93. The third kappa shape index (κ3) is 6.44. The summed E-state index contributed by atoms with van der Waals surface area (Å²) in [5.74, 6) is 0.476. The van der Waals surface area contributed by atoms with Crippen molar-refractivity contribution in [2.75, 3.05) is 6.66 Å². The highest BCUT2D eigenvalue weighted by Crippen LogP contribution is 2.48. The zero-order chi connectivity index (χ0) is 14.6. The highest BCUT2D eigenvalue weighted by atomic mass is 31.2. The second-order valence-corrected chi connectivity index (χ2v) is 7.95. The molecule has 19 heavy (non-hydrogen) atoms. The molecule has 0 amide bonds. The van der Waals surface area contributed by atoms with Gasteiger partial charge in [-0.15, -0.1) is 0 Å². The van der Waals surface area contributed by atoms with Crippen molar-refractivity contribution in [2.45, 2.75) is 71.3 Å². The van der Waals surface area contributed by atoms with Crippen LogP contribution in [-0.4, -0.2) is 38.8 Å². The van der Waals surface area contributed by atoms with E-state index in [9.17, 15) is 4.57 Å². The van der Waals surface area contributed by atoms with Gasteiger partial charge in [-0.25, -0.2) is 0 Å². The molecular formula is C13H26BO4P. The molecule has 4 atom stereocenters. The second kappa shape index (κ2) is 7.26. The van der Waals surface area contributed by atoms with Crippen molar-refractivity contribution in [1.82, 2.24) is 0 Å². The third-order valence-corrected chi connectivity index (χ3v) is 4.39. The number of ether oxygens (including phenoxy) is 1. The van der Waals surface area contributed by atoms with E-state index in [1.54, 1.807) is 0 Å². The molecule has 0 spiro atoms. The van der Waals surface area contributed by atoms with Crippen LogP contribution >= 0.6 is 7.60 Å². The van der Waals surface area contributed by atoms with Crippen LogP contribution in [0.2, 0.25) is 0 Å². The van der Waals surface area contributed by atoms with Crippen LogP contribution in [0.25, 0.3) is 0 Å². The molecule has 1 fully saturated rings. The first kappa shape index (κ1) is 17.2. The van der Waals surface area contributed by atoms with Crippen molar-refractivity contribution in [3.63, 3.8) is 0 Å². The first-order valence-corrected chi connectivity index (χ1v) is 9.04. The first-order valence-electron chi connectivity index (χ1n) is 7.05. The van der Waals surface area contributed by atoms with Gasteiger partial charge in [-0.2, -0.15) is 0 Å². The lowest BCUT2D eigenvalue weighted by Crippen LogP contribution is -2.41. The SMILES string of the molecule is [B]C1CCC(OP(C)(=O)OC(C)C)C(CC(C)C)O1. The Kier molecular flexibility index (Phi) is 6.58. The van der Waals surface area contributed by atoms with E-state index >= 15 is 0 Å². The Morgan fingerprint density at radius 1 is 1.32 bits per heavy atom.